The first kappa shape index (κ1) is 15.4. The number of nitrogen functional groups attached to an aromatic ring is 1. The molecule has 0 radical (unpaired) electrons. The third kappa shape index (κ3) is 3.02. The maximum atomic E-state index is 12.4. The molecule has 0 unspecified atom stereocenters. The summed E-state index contributed by atoms with van der Waals surface area (Å²) >= 11 is 3.21. The molecule has 2 N–H and O–H groups in total. The van der Waals surface area contributed by atoms with Gasteiger partial charge in [0.15, 0.2) is 0 Å². The Bertz CT molecular complexity index is 515. The Labute approximate surface area is 117 Å². The Hall–Kier alpha value is -0.660. The Balaban J connectivity index is 3.25. The Kier molecular flexibility index (Phi) is 5.12. The van der Waals surface area contributed by atoms with E-state index in [4.69, 9.17) is 5.73 Å². The molecule has 1 aromatic heterocycles. The Morgan fingerprint density at radius 1 is 1.44 bits per heavy atom. The van der Waals surface area contributed by atoms with Crippen molar-refractivity contribution < 1.29 is 8.42 Å². The molecule has 0 spiro atoms. The molecule has 0 aliphatic rings. The van der Waals surface area contributed by atoms with Crippen molar-refractivity contribution in [3.63, 3.8) is 0 Å². The lowest BCUT2D eigenvalue weighted by Gasteiger charge is -2.25. The quantitative estimate of drug-likeness (QED) is 0.895. The van der Waals surface area contributed by atoms with E-state index in [0.29, 0.717) is 4.47 Å². The van der Waals surface area contributed by atoms with Gasteiger partial charge in [0, 0.05) is 23.8 Å². The van der Waals surface area contributed by atoms with E-state index >= 15 is 0 Å². The predicted molar refractivity (Wildman–Crippen MR) is 75.7 cm³/mol. The zero-order valence-corrected chi connectivity index (χ0v) is 13.1. The van der Waals surface area contributed by atoms with Crippen LogP contribution in [-0.4, -0.2) is 30.8 Å². The lowest BCUT2D eigenvalue weighted by molar-refractivity contribution is 0.350. The number of nitrogens with two attached hydrogens (primary N) is 1. The first-order chi connectivity index (χ1) is 8.34. The van der Waals surface area contributed by atoms with Crippen molar-refractivity contribution in [3.05, 3.63) is 16.7 Å². The smallest absolute Gasteiger partial charge is 0.246 e. The summed E-state index contributed by atoms with van der Waals surface area (Å²) in [6.07, 6.45) is 2.99. The average Bonchev–Trinajstić information content (AvgIpc) is 2.33. The molecule has 18 heavy (non-hydrogen) atoms. The van der Waals surface area contributed by atoms with Crippen molar-refractivity contribution in [2.24, 2.45) is 0 Å². The number of hydrogen-bond donors (Lipinski definition) is 1. The lowest BCUT2D eigenvalue weighted by Crippen LogP contribution is -2.36. The van der Waals surface area contributed by atoms with E-state index in [1.165, 1.54) is 16.6 Å². The summed E-state index contributed by atoms with van der Waals surface area (Å²) in [7, 11) is -2.02. The molecule has 102 valence electrons. The van der Waals surface area contributed by atoms with Crippen molar-refractivity contribution in [1.82, 2.24) is 9.29 Å². The van der Waals surface area contributed by atoms with E-state index < -0.39 is 10.0 Å². The molecule has 1 rings (SSSR count). The van der Waals surface area contributed by atoms with Crippen LogP contribution < -0.4 is 5.73 Å². The highest BCUT2D eigenvalue weighted by molar-refractivity contribution is 9.10. The van der Waals surface area contributed by atoms with Crippen molar-refractivity contribution in [2.45, 2.75) is 37.6 Å². The largest absolute Gasteiger partial charge is 0.383 e. The summed E-state index contributed by atoms with van der Waals surface area (Å²) in [6, 6.07) is 1.45. The lowest BCUT2D eigenvalue weighted by atomic mass is 10.2. The standard InChI is InChI=1S/C11H18BrN3O2S/c1-4-9(5-2)15(3)18(16,17)10-6-8(12)7-14-11(10)13/h6-7,9H,4-5H2,1-3H3,(H2,13,14). The van der Waals surface area contributed by atoms with Gasteiger partial charge in [-0.05, 0) is 34.8 Å². The minimum absolute atomic E-state index is 0.0241. The maximum Gasteiger partial charge on any atom is 0.246 e. The van der Waals surface area contributed by atoms with Crippen LogP contribution in [0.2, 0.25) is 0 Å². The summed E-state index contributed by atoms with van der Waals surface area (Å²) < 4.78 is 26.9. The molecule has 5 nitrogen and oxygen atoms in total. The van der Waals surface area contributed by atoms with Crippen LogP contribution in [0.25, 0.3) is 0 Å². The fourth-order valence-electron chi connectivity index (χ4n) is 1.79. The summed E-state index contributed by atoms with van der Waals surface area (Å²) in [4.78, 5) is 3.91. The molecule has 0 amide bonds. The third-order valence-electron chi connectivity index (χ3n) is 2.96. The van der Waals surface area contributed by atoms with Crippen LogP contribution in [0.15, 0.2) is 21.6 Å². The van der Waals surface area contributed by atoms with Gasteiger partial charge in [0.25, 0.3) is 0 Å². The zero-order valence-electron chi connectivity index (χ0n) is 10.7. The summed E-state index contributed by atoms with van der Waals surface area (Å²) in [5.41, 5.74) is 5.66. The molecule has 0 saturated heterocycles. The molecular weight excluding hydrogens is 318 g/mol. The van der Waals surface area contributed by atoms with Crippen LogP contribution in [0.4, 0.5) is 5.82 Å². The van der Waals surface area contributed by atoms with Crippen LogP contribution in [-0.2, 0) is 10.0 Å². The Morgan fingerprint density at radius 3 is 2.50 bits per heavy atom. The van der Waals surface area contributed by atoms with E-state index in [-0.39, 0.29) is 16.8 Å². The maximum absolute atomic E-state index is 12.4. The average molecular weight is 336 g/mol. The first-order valence-corrected chi connectivity index (χ1v) is 7.96. The SMILES string of the molecule is CCC(CC)N(C)S(=O)(=O)c1cc(Br)cnc1N. The second-order valence-corrected chi connectivity index (χ2v) is 6.91. The van der Waals surface area contributed by atoms with Gasteiger partial charge in [0.1, 0.15) is 10.7 Å². The molecule has 0 atom stereocenters. The van der Waals surface area contributed by atoms with Gasteiger partial charge in [-0.15, -0.1) is 0 Å². The molecule has 1 heterocycles. The van der Waals surface area contributed by atoms with Crippen molar-refractivity contribution in [2.75, 3.05) is 12.8 Å². The molecule has 0 saturated carbocycles. The van der Waals surface area contributed by atoms with Gasteiger partial charge in [-0.3, -0.25) is 0 Å². The molecule has 0 fully saturated rings. The molecule has 0 aliphatic heterocycles. The van der Waals surface area contributed by atoms with Gasteiger partial charge in [0.2, 0.25) is 10.0 Å². The van der Waals surface area contributed by atoms with E-state index in [0.717, 1.165) is 12.8 Å². The Morgan fingerprint density at radius 2 is 2.00 bits per heavy atom. The summed E-state index contributed by atoms with van der Waals surface area (Å²) in [5, 5.41) is 0. The highest BCUT2D eigenvalue weighted by Crippen LogP contribution is 2.25. The topological polar surface area (TPSA) is 76.3 Å². The second kappa shape index (κ2) is 5.99. The zero-order chi connectivity index (χ0) is 13.9. The minimum atomic E-state index is -3.60. The third-order valence-corrected chi connectivity index (χ3v) is 5.34. The number of pyridine rings is 1. The summed E-state index contributed by atoms with van der Waals surface area (Å²) in [6.45, 7) is 3.92. The molecule has 0 bridgehead atoms. The highest BCUT2D eigenvalue weighted by Gasteiger charge is 2.28. The number of rotatable bonds is 5. The molecule has 7 heteroatoms. The van der Waals surface area contributed by atoms with Crippen LogP contribution in [0.5, 0.6) is 0 Å². The normalized spacial score (nSPS) is 12.3. The fourth-order valence-corrected chi connectivity index (χ4v) is 3.87. The van der Waals surface area contributed by atoms with Crippen LogP contribution in [0.1, 0.15) is 26.7 Å². The van der Waals surface area contributed by atoms with Gasteiger partial charge in [-0.1, -0.05) is 13.8 Å². The number of aromatic nitrogens is 1. The van der Waals surface area contributed by atoms with Crippen LogP contribution in [0, 0.1) is 0 Å². The highest BCUT2D eigenvalue weighted by atomic mass is 79.9. The monoisotopic (exact) mass is 335 g/mol. The van der Waals surface area contributed by atoms with Crippen molar-refractivity contribution in [3.8, 4) is 0 Å². The fraction of sp³-hybridized carbons (Fsp3) is 0.545. The molecule has 1 aromatic rings. The van der Waals surface area contributed by atoms with Crippen LogP contribution >= 0.6 is 15.9 Å². The van der Waals surface area contributed by atoms with Gasteiger partial charge < -0.3 is 5.73 Å². The first-order valence-electron chi connectivity index (χ1n) is 5.73. The van der Waals surface area contributed by atoms with Gasteiger partial charge in [-0.2, -0.15) is 4.31 Å². The number of sulfonamides is 1. The number of hydrogen-bond acceptors (Lipinski definition) is 4. The predicted octanol–water partition coefficient (Wildman–Crippen LogP) is 2.24. The van der Waals surface area contributed by atoms with Gasteiger partial charge >= 0.3 is 0 Å². The summed E-state index contributed by atoms with van der Waals surface area (Å²) in [5.74, 6) is 0.0241. The number of halogens is 1. The van der Waals surface area contributed by atoms with Gasteiger partial charge in [0.05, 0.1) is 0 Å². The van der Waals surface area contributed by atoms with Crippen LogP contribution in [0.3, 0.4) is 0 Å². The minimum Gasteiger partial charge on any atom is -0.383 e. The van der Waals surface area contributed by atoms with Crippen molar-refractivity contribution in [1.29, 1.82) is 0 Å². The van der Waals surface area contributed by atoms with E-state index in [1.807, 2.05) is 13.8 Å². The number of nitrogens with zero attached hydrogens (tertiary/aromatic N) is 2. The van der Waals surface area contributed by atoms with Gasteiger partial charge in [-0.25, -0.2) is 13.4 Å². The molecular formula is C11H18BrN3O2S. The second-order valence-electron chi connectivity index (χ2n) is 4.03. The van der Waals surface area contributed by atoms with E-state index in [9.17, 15) is 8.42 Å². The molecule has 0 aromatic carbocycles. The van der Waals surface area contributed by atoms with Crippen molar-refractivity contribution >= 4 is 31.8 Å². The number of anilines is 1. The van der Waals surface area contributed by atoms with E-state index in [2.05, 4.69) is 20.9 Å². The molecule has 0 aliphatic carbocycles. The van der Waals surface area contributed by atoms with E-state index in [1.54, 1.807) is 7.05 Å².